The third-order valence-electron chi connectivity index (χ3n) is 4.14. The zero-order valence-corrected chi connectivity index (χ0v) is 15.9. The van der Waals surface area contributed by atoms with Gasteiger partial charge in [0.15, 0.2) is 11.5 Å². The Bertz CT molecular complexity index is 745. The van der Waals surface area contributed by atoms with Crippen LogP contribution in [0.2, 0.25) is 0 Å². The standard InChI is InChI=1S/C20H26N2O4/c1-6-22(7-2)16-9-8-14(17(23)12-16)13-21-15-10-18(24-3)20(26-5)19(11-15)25-4/h8-13,23H,6-7H2,1-5H3. The topological polar surface area (TPSA) is 63.5 Å². The van der Waals surface area contributed by atoms with Crippen molar-refractivity contribution in [3.8, 4) is 23.0 Å². The van der Waals surface area contributed by atoms with E-state index in [9.17, 15) is 5.11 Å². The Morgan fingerprint density at radius 1 is 0.962 bits per heavy atom. The van der Waals surface area contributed by atoms with Crippen molar-refractivity contribution in [2.24, 2.45) is 4.99 Å². The van der Waals surface area contributed by atoms with Gasteiger partial charge in [0.2, 0.25) is 5.75 Å². The Hall–Kier alpha value is -2.89. The second-order valence-corrected chi connectivity index (χ2v) is 5.56. The molecule has 6 nitrogen and oxygen atoms in total. The van der Waals surface area contributed by atoms with E-state index < -0.39 is 0 Å². The molecule has 0 radical (unpaired) electrons. The fourth-order valence-electron chi connectivity index (χ4n) is 2.71. The summed E-state index contributed by atoms with van der Waals surface area (Å²) in [6, 6.07) is 9.08. The average molecular weight is 358 g/mol. The predicted molar refractivity (Wildman–Crippen MR) is 105 cm³/mol. The summed E-state index contributed by atoms with van der Waals surface area (Å²) in [7, 11) is 4.67. The van der Waals surface area contributed by atoms with Crippen LogP contribution in [0.25, 0.3) is 0 Å². The molecule has 0 unspecified atom stereocenters. The third kappa shape index (κ3) is 4.20. The minimum absolute atomic E-state index is 0.186. The van der Waals surface area contributed by atoms with Crippen LogP contribution in [0.4, 0.5) is 11.4 Å². The second kappa shape index (κ2) is 8.99. The molecule has 2 rings (SSSR count). The van der Waals surface area contributed by atoms with Crippen molar-refractivity contribution in [2.45, 2.75) is 13.8 Å². The number of hydrogen-bond acceptors (Lipinski definition) is 6. The minimum atomic E-state index is 0.186. The first-order valence-electron chi connectivity index (χ1n) is 8.49. The molecule has 2 aromatic carbocycles. The van der Waals surface area contributed by atoms with Gasteiger partial charge in [-0.1, -0.05) is 0 Å². The van der Waals surface area contributed by atoms with Gasteiger partial charge in [-0.25, -0.2) is 0 Å². The summed E-state index contributed by atoms with van der Waals surface area (Å²) in [5.74, 6) is 1.76. The molecule has 26 heavy (non-hydrogen) atoms. The molecule has 0 aliphatic rings. The minimum Gasteiger partial charge on any atom is -0.507 e. The van der Waals surface area contributed by atoms with E-state index in [-0.39, 0.29) is 5.75 Å². The molecule has 0 saturated heterocycles. The monoisotopic (exact) mass is 358 g/mol. The maximum absolute atomic E-state index is 10.3. The van der Waals surface area contributed by atoms with E-state index in [0.717, 1.165) is 18.8 Å². The molecular weight excluding hydrogens is 332 g/mol. The van der Waals surface area contributed by atoms with Crippen LogP contribution in [-0.2, 0) is 0 Å². The Kier molecular flexibility index (Phi) is 6.72. The predicted octanol–water partition coefficient (Wildman–Crippen LogP) is 4.01. The molecule has 0 atom stereocenters. The Balaban J connectivity index is 2.32. The van der Waals surface area contributed by atoms with E-state index >= 15 is 0 Å². The number of rotatable bonds is 8. The highest BCUT2D eigenvalue weighted by atomic mass is 16.5. The number of hydrogen-bond donors (Lipinski definition) is 1. The number of aliphatic imine (C=N–C) groups is 1. The van der Waals surface area contributed by atoms with Crippen molar-refractivity contribution in [2.75, 3.05) is 39.3 Å². The average Bonchev–Trinajstić information content (AvgIpc) is 2.67. The quantitative estimate of drug-likeness (QED) is 0.722. The molecule has 0 amide bonds. The van der Waals surface area contributed by atoms with Gasteiger partial charge in [0, 0.05) is 48.8 Å². The molecule has 0 aliphatic heterocycles. The molecule has 0 bridgehead atoms. The lowest BCUT2D eigenvalue weighted by molar-refractivity contribution is 0.324. The molecule has 6 heteroatoms. The number of phenolic OH excluding ortho intramolecular Hbond substituents is 1. The van der Waals surface area contributed by atoms with Crippen molar-refractivity contribution in [3.05, 3.63) is 35.9 Å². The normalized spacial score (nSPS) is 10.8. The number of anilines is 1. The van der Waals surface area contributed by atoms with Crippen molar-refractivity contribution in [1.29, 1.82) is 0 Å². The summed E-state index contributed by atoms with van der Waals surface area (Å²) in [5.41, 5.74) is 2.25. The van der Waals surface area contributed by atoms with Crippen LogP contribution >= 0.6 is 0 Å². The number of ether oxygens (including phenoxy) is 3. The van der Waals surface area contributed by atoms with Crippen LogP contribution in [0.15, 0.2) is 35.3 Å². The van der Waals surface area contributed by atoms with E-state index in [4.69, 9.17) is 14.2 Å². The van der Waals surface area contributed by atoms with Gasteiger partial charge in [-0.2, -0.15) is 0 Å². The summed E-state index contributed by atoms with van der Waals surface area (Å²) in [6.07, 6.45) is 1.61. The first-order chi connectivity index (χ1) is 12.6. The first kappa shape index (κ1) is 19.4. The van der Waals surface area contributed by atoms with Crippen molar-refractivity contribution < 1.29 is 19.3 Å². The number of aromatic hydroxyl groups is 1. The van der Waals surface area contributed by atoms with E-state index in [0.29, 0.717) is 28.5 Å². The Labute approximate surface area is 154 Å². The molecule has 0 spiro atoms. The van der Waals surface area contributed by atoms with Crippen molar-refractivity contribution >= 4 is 17.6 Å². The highest BCUT2D eigenvalue weighted by molar-refractivity contribution is 5.86. The number of nitrogens with zero attached hydrogens (tertiary/aromatic N) is 2. The molecule has 0 aromatic heterocycles. The summed E-state index contributed by atoms with van der Waals surface area (Å²) in [5, 5.41) is 10.3. The number of benzene rings is 2. The molecule has 1 N–H and O–H groups in total. The van der Waals surface area contributed by atoms with Crippen LogP contribution in [0.1, 0.15) is 19.4 Å². The van der Waals surface area contributed by atoms with Gasteiger partial charge < -0.3 is 24.2 Å². The second-order valence-electron chi connectivity index (χ2n) is 5.56. The van der Waals surface area contributed by atoms with Gasteiger partial charge in [0.1, 0.15) is 5.75 Å². The Morgan fingerprint density at radius 2 is 1.58 bits per heavy atom. The SMILES string of the molecule is CCN(CC)c1ccc(C=Nc2cc(OC)c(OC)c(OC)c2)c(O)c1. The third-order valence-corrected chi connectivity index (χ3v) is 4.14. The zero-order valence-electron chi connectivity index (χ0n) is 15.9. The molecule has 140 valence electrons. The van der Waals surface area contributed by atoms with Crippen LogP contribution in [-0.4, -0.2) is 45.7 Å². The maximum Gasteiger partial charge on any atom is 0.203 e. The van der Waals surface area contributed by atoms with E-state index in [1.165, 1.54) is 0 Å². The molecule has 2 aromatic rings. The maximum atomic E-state index is 10.3. The molecule has 0 fully saturated rings. The van der Waals surface area contributed by atoms with Crippen LogP contribution in [0.3, 0.4) is 0 Å². The fraction of sp³-hybridized carbons (Fsp3) is 0.350. The van der Waals surface area contributed by atoms with Gasteiger partial charge in [0.25, 0.3) is 0 Å². The van der Waals surface area contributed by atoms with Gasteiger partial charge in [-0.05, 0) is 26.0 Å². The van der Waals surface area contributed by atoms with Crippen LogP contribution in [0.5, 0.6) is 23.0 Å². The highest BCUT2D eigenvalue weighted by Gasteiger charge is 2.13. The molecule has 0 aliphatic carbocycles. The number of methoxy groups -OCH3 is 3. The largest absolute Gasteiger partial charge is 0.507 e. The van der Waals surface area contributed by atoms with Gasteiger partial charge in [-0.15, -0.1) is 0 Å². The first-order valence-corrected chi connectivity index (χ1v) is 8.49. The van der Waals surface area contributed by atoms with Gasteiger partial charge >= 0.3 is 0 Å². The van der Waals surface area contributed by atoms with E-state index in [1.807, 2.05) is 12.1 Å². The van der Waals surface area contributed by atoms with E-state index in [1.54, 1.807) is 45.7 Å². The summed E-state index contributed by atoms with van der Waals surface area (Å²) in [6.45, 7) is 5.93. The lowest BCUT2D eigenvalue weighted by Crippen LogP contribution is -2.21. The zero-order chi connectivity index (χ0) is 19.1. The summed E-state index contributed by atoms with van der Waals surface area (Å²) in [4.78, 5) is 6.60. The Morgan fingerprint density at radius 3 is 2.04 bits per heavy atom. The molecular formula is C20H26N2O4. The highest BCUT2D eigenvalue weighted by Crippen LogP contribution is 2.40. The van der Waals surface area contributed by atoms with Crippen molar-refractivity contribution in [1.82, 2.24) is 0 Å². The van der Waals surface area contributed by atoms with Gasteiger partial charge in [-0.3, -0.25) is 4.99 Å². The summed E-state index contributed by atoms with van der Waals surface area (Å²) >= 11 is 0. The fourth-order valence-corrected chi connectivity index (χ4v) is 2.71. The van der Waals surface area contributed by atoms with Crippen molar-refractivity contribution in [3.63, 3.8) is 0 Å². The number of phenols is 1. The van der Waals surface area contributed by atoms with E-state index in [2.05, 4.69) is 23.7 Å². The lowest BCUT2D eigenvalue weighted by Gasteiger charge is -2.21. The molecule has 0 saturated carbocycles. The summed E-state index contributed by atoms with van der Waals surface area (Å²) < 4.78 is 16.0. The lowest BCUT2D eigenvalue weighted by atomic mass is 10.1. The smallest absolute Gasteiger partial charge is 0.203 e. The van der Waals surface area contributed by atoms with Crippen LogP contribution in [0, 0.1) is 0 Å². The van der Waals surface area contributed by atoms with Gasteiger partial charge in [0.05, 0.1) is 27.0 Å². The molecule has 0 heterocycles. The van der Waals surface area contributed by atoms with Crippen LogP contribution < -0.4 is 19.1 Å².